The maximum Gasteiger partial charge on any atom is 0.326 e. The third-order valence-electron chi connectivity index (χ3n) is 2.83. The topological polar surface area (TPSA) is 87.4 Å². The van der Waals surface area contributed by atoms with E-state index in [0.717, 1.165) is 20.9 Å². The van der Waals surface area contributed by atoms with Crippen LogP contribution in [0.2, 0.25) is 0 Å². The Morgan fingerprint density at radius 2 is 1.62 bits per heavy atom. The lowest BCUT2D eigenvalue weighted by atomic mass is 10.2. The van der Waals surface area contributed by atoms with Crippen LogP contribution in [0.15, 0.2) is 58.3 Å². The van der Waals surface area contributed by atoms with Gasteiger partial charge in [-0.25, -0.2) is 10.2 Å². The van der Waals surface area contributed by atoms with Crippen LogP contribution in [-0.4, -0.2) is 11.1 Å². The van der Waals surface area contributed by atoms with E-state index in [9.17, 15) is 9.90 Å². The highest BCUT2D eigenvalue weighted by molar-refractivity contribution is 7.99. The molecular weight excluding hydrogens is 286 g/mol. The van der Waals surface area contributed by atoms with Gasteiger partial charge in [-0.3, -0.25) is 5.43 Å². The molecule has 0 saturated heterocycles. The Bertz CT molecular complexity index is 619. The zero-order valence-corrected chi connectivity index (χ0v) is 12.2. The van der Waals surface area contributed by atoms with E-state index in [4.69, 9.17) is 5.73 Å². The predicted molar refractivity (Wildman–Crippen MR) is 82.5 cm³/mol. The Kier molecular flexibility index (Phi) is 5.62. The predicted octanol–water partition coefficient (Wildman–Crippen LogP) is 2.00. The number of primary amides is 1. The standard InChI is InChI=1S/C15H17N3O2S/c16-15(20)18-17-9-11-5-1-3-7-13(11)21-14-8-4-2-6-12(14)10-19/h1-8,17,19H,9-10H2,(H3,16,18,20). The first-order valence-electron chi connectivity index (χ1n) is 6.43. The number of carbonyl (C=O) groups excluding carboxylic acids is 1. The van der Waals surface area contributed by atoms with E-state index in [1.54, 1.807) is 11.8 Å². The number of carbonyl (C=O) groups is 1. The average Bonchev–Trinajstić information content (AvgIpc) is 2.49. The normalized spacial score (nSPS) is 10.3. The van der Waals surface area contributed by atoms with Gasteiger partial charge in [0, 0.05) is 16.3 Å². The molecule has 0 spiro atoms. The Balaban J connectivity index is 2.14. The number of aliphatic hydroxyl groups is 1. The summed E-state index contributed by atoms with van der Waals surface area (Å²) in [5, 5.41) is 9.38. The highest BCUT2D eigenvalue weighted by Crippen LogP contribution is 2.32. The molecule has 0 aliphatic rings. The first-order valence-corrected chi connectivity index (χ1v) is 7.25. The summed E-state index contributed by atoms with van der Waals surface area (Å²) < 4.78 is 0. The summed E-state index contributed by atoms with van der Waals surface area (Å²) in [7, 11) is 0. The van der Waals surface area contributed by atoms with Crippen molar-refractivity contribution in [3.05, 3.63) is 59.7 Å². The van der Waals surface area contributed by atoms with E-state index in [1.165, 1.54) is 0 Å². The summed E-state index contributed by atoms with van der Waals surface area (Å²) in [6, 6.07) is 15.0. The average molecular weight is 303 g/mol. The number of rotatable bonds is 6. The van der Waals surface area contributed by atoms with E-state index < -0.39 is 6.03 Å². The Hall–Kier alpha value is -2.02. The summed E-state index contributed by atoms with van der Waals surface area (Å²) >= 11 is 1.58. The molecule has 21 heavy (non-hydrogen) atoms. The second-order valence-electron chi connectivity index (χ2n) is 4.32. The van der Waals surface area contributed by atoms with Gasteiger partial charge >= 0.3 is 6.03 Å². The quantitative estimate of drug-likeness (QED) is 0.615. The van der Waals surface area contributed by atoms with Crippen LogP contribution in [-0.2, 0) is 13.2 Å². The first-order chi connectivity index (χ1) is 10.2. The van der Waals surface area contributed by atoms with Crippen LogP contribution in [0.25, 0.3) is 0 Å². The molecule has 5 nitrogen and oxygen atoms in total. The number of urea groups is 1. The lowest BCUT2D eigenvalue weighted by molar-refractivity contribution is 0.244. The van der Waals surface area contributed by atoms with E-state index in [1.807, 2.05) is 48.5 Å². The third kappa shape index (κ3) is 4.49. The fourth-order valence-electron chi connectivity index (χ4n) is 1.83. The van der Waals surface area contributed by atoms with Crippen molar-refractivity contribution in [2.45, 2.75) is 22.9 Å². The van der Waals surface area contributed by atoms with Crippen LogP contribution < -0.4 is 16.6 Å². The van der Waals surface area contributed by atoms with Crippen LogP contribution in [0.4, 0.5) is 4.79 Å². The molecule has 0 radical (unpaired) electrons. The highest BCUT2D eigenvalue weighted by atomic mass is 32.2. The molecule has 5 N–H and O–H groups in total. The number of nitrogens with two attached hydrogens (primary N) is 1. The second-order valence-corrected chi connectivity index (χ2v) is 5.40. The van der Waals surface area contributed by atoms with Crippen molar-refractivity contribution in [1.82, 2.24) is 10.9 Å². The van der Waals surface area contributed by atoms with Crippen LogP contribution in [0, 0.1) is 0 Å². The van der Waals surface area contributed by atoms with Gasteiger partial charge in [0.2, 0.25) is 0 Å². The van der Waals surface area contributed by atoms with Crippen LogP contribution >= 0.6 is 11.8 Å². The second kappa shape index (κ2) is 7.68. The number of hydrogen-bond donors (Lipinski definition) is 4. The minimum Gasteiger partial charge on any atom is -0.392 e. The molecule has 0 aliphatic carbocycles. The molecule has 0 aliphatic heterocycles. The molecule has 0 atom stereocenters. The minimum atomic E-state index is -0.620. The van der Waals surface area contributed by atoms with Gasteiger partial charge in [-0.05, 0) is 23.3 Å². The molecule has 0 bridgehead atoms. The molecule has 6 heteroatoms. The molecule has 0 aromatic heterocycles. The number of amides is 2. The lowest BCUT2D eigenvalue weighted by Crippen LogP contribution is -2.40. The molecule has 2 aromatic rings. The maximum atomic E-state index is 10.7. The van der Waals surface area contributed by atoms with Gasteiger partial charge in [0.05, 0.1) is 6.61 Å². The van der Waals surface area contributed by atoms with Gasteiger partial charge in [-0.2, -0.15) is 0 Å². The molecular formula is C15H17N3O2S. The molecule has 0 unspecified atom stereocenters. The summed E-state index contributed by atoms with van der Waals surface area (Å²) in [5.74, 6) is 0. The third-order valence-corrected chi connectivity index (χ3v) is 4.06. The van der Waals surface area contributed by atoms with Crippen molar-refractivity contribution in [2.24, 2.45) is 5.73 Å². The Labute approximate surface area is 127 Å². The summed E-state index contributed by atoms with van der Waals surface area (Å²) in [5.41, 5.74) is 12.0. The summed E-state index contributed by atoms with van der Waals surface area (Å²) in [6.45, 7) is 0.472. The maximum absolute atomic E-state index is 10.7. The summed E-state index contributed by atoms with van der Waals surface area (Å²) in [6.07, 6.45) is 0. The van der Waals surface area contributed by atoms with Crippen molar-refractivity contribution in [2.75, 3.05) is 0 Å². The molecule has 0 heterocycles. The zero-order chi connectivity index (χ0) is 15.1. The molecule has 110 valence electrons. The largest absolute Gasteiger partial charge is 0.392 e. The highest BCUT2D eigenvalue weighted by Gasteiger charge is 2.07. The van der Waals surface area contributed by atoms with Gasteiger partial charge in [0.25, 0.3) is 0 Å². The number of benzene rings is 2. The fraction of sp³-hybridized carbons (Fsp3) is 0.133. The first kappa shape index (κ1) is 15.4. The number of aliphatic hydroxyl groups excluding tert-OH is 1. The van der Waals surface area contributed by atoms with E-state index in [0.29, 0.717) is 6.54 Å². The molecule has 2 aromatic carbocycles. The van der Waals surface area contributed by atoms with Crippen molar-refractivity contribution >= 4 is 17.8 Å². The molecule has 2 amide bonds. The number of nitrogens with one attached hydrogen (secondary N) is 2. The fourth-order valence-corrected chi connectivity index (χ4v) is 2.89. The van der Waals surface area contributed by atoms with Crippen molar-refractivity contribution in [1.29, 1.82) is 0 Å². The van der Waals surface area contributed by atoms with E-state index >= 15 is 0 Å². The van der Waals surface area contributed by atoms with E-state index in [2.05, 4.69) is 10.9 Å². The monoisotopic (exact) mass is 303 g/mol. The SMILES string of the molecule is NC(=O)NNCc1ccccc1Sc1ccccc1CO. The van der Waals surface area contributed by atoms with Gasteiger partial charge in [0.1, 0.15) is 0 Å². The van der Waals surface area contributed by atoms with Gasteiger partial charge < -0.3 is 10.8 Å². The van der Waals surface area contributed by atoms with E-state index in [-0.39, 0.29) is 6.61 Å². The van der Waals surface area contributed by atoms with Crippen molar-refractivity contribution in [3.63, 3.8) is 0 Å². The van der Waals surface area contributed by atoms with Crippen molar-refractivity contribution < 1.29 is 9.90 Å². The summed E-state index contributed by atoms with van der Waals surface area (Å²) in [4.78, 5) is 12.7. The Morgan fingerprint density at radius 1 is 1.05 bits per heavy atom. The van der Waals surface area contributed by atoms with Crippen LogP contribution in [0.1, 0.15) is 11.1 Å². The molecule has 0 saturated carbocycles. The minimum absolute atomic E-state index is 0.00677. The molecule has 0 fully saturated rings. The van der Waals surface area contributed by atoms with Crippen LogP contribution in [0.3, 0.4) is 0 Å². The number of hydrazine groups is 1. The molecule has 2 rings (SSSR count). The van der Waals surface area contributed by atoms with Crippen molar-refractivity contribution in [3.8, 4) is 0 Å². The lowest BCUT2D eigenvalue weighted by Gasteiger charge is -2.12. The van der Waals surface area contributed by atoms with Gasteiger partial charge in [0.15, 0.2) is 0 Å². The number of hydrogen-bond acceptors (Lipinski definition) is 4. The van der Waals surface area contributed by atoms with Gasteiger partial charge in [-0.15, -0.1) is 0 Å². The van der Waals surface area contributed by atoms with Crippen LogP contribution in [0.5, 0.6) is 0 Å². The van der Waals surface area contributed by atoms with Gasteiger partial charge in [-0.1, -0.05) is 48.2 Å². The smallest absolute Gasteiger partial charge is 0.326 e. The Morgan fingerprint density at radius 3 is 2.24 bits per heavy atom. The zero-order valence-electron chi connectivity index (χ0n) is 11.4.